The van der Waals surface area contributed by atoms with E-state index in [1.54, 1.807) is 6.33 Å². The zero-order valence-electron chi connectivity index (χ0n) is 5.79. The molecule has 0 radical (unpaired) electrons. The van der Waals surface area contributed by atoms with E-state index in [9.17, 15) is 0 Å². The molecule has 2 nitrogen and oxygen atoms in total. The molecular weight excluding hydrogens is 144 g/mol. The first kappa shape index (κ1) is 6.28. The molecule has 0 aliphatic heterocycles. The molecule has 1 fully saturated rings. The van der Waals surface area contributed by atoms with Crippen LogP contribution in [0.2, 0.25) is 0 Å². The standard InChI is InChI=1S/C7H10N2S/c1-2-6(1)3-4-7-8-5-9-10-7/h5-6H,1-4H2. The highest BCUT2D eigenvalue weighted by Gasteiger charge is 2.20. The molecule has 0 atom stereocenters. The number of hydrogen-bond donors (Lipinski definition) is 0. The summed E-state index contributed by atoms with van der Waals surface area (Å²) in [5.41, 5.74) is 0. The molecule has 1 aromatic heterocycles. The molecule has 1 aliphatic carbocycles. The third-order valence-corrected chi connectivity index (χ3v) is 2.59. The van der Waals surface area contributed by atoms with Crippen LogP contribution in [0.1, 0.15) is 24.3 Å². The van der Waals surface area contributed by atoms with Crippen molar-refractivity contribution in [3.05, 3.63) is 11.3 Å². The normalized spacial score (nSPS) is 17.6. The van der Waals surface area contributed by atoms with Crippen LogP contribution < -0.4 is 0 Å². The number of aromatic nitrogens is 2. The van der Waals surface area contributed by atoms with Gasteiger partial charge >= 0.3 is 0 Å². The summed E-state index contributed by atoms with van der Waals surface area (Å²) in [4.78, 5) is 4.12. The van der Waals surface area contributed by atoms with E-state index in [4.69, 9.17) is 0 Å². The van der Waals surface area contributed by atoms with Crippen molar-refractivity contribution in [2.24, 2.45) is 5.92 Å². The molecule has 0 saturated heterocycles. The summed E-state index contributed by atoms with van der Waals surface area (Å²) >= 11 is 1.53. The van der Waals surface area contributed by atoms with Crippen LogP contribution in [0.3, 0.4) is 0 Å². The Kier molecular flexibility index (Phi) is 1.67. The Balaban J connectivity index is 1.79. The highest BCUT2D eigenvalue weighted by atomic mass is 32.1. The van der Waals surface area contributed by atoms with Crippen LogP contribution in [-0.4, -0.2) is 9.36 Å². The van der Waals surface area contributed by atoms with Gasteiger partial charge in [0.15, 0.2) is 0 Å². The van der Waals surface area contributed by atoms with E-state index < -0.39 is 0 Å². The minimum Gasteiger partial charge on any atom is -0.228 e. The third-order valence-electron chi connectivity index (χ3n) is 1.87. The Morgan fingerprint density at radius 1 is 1.60 bits per heavy atom. The first-order valence-electron chi connectivity index (χ1n) is 3.71. The lowest BCUT2D eigenvalue weighted by Crippen LogP contribution is -1.83. The second kappa shape index (κ2) is 2.66. The fourth-order valence-corrected chi connectivity index (χ4v) is 1.56. The van der Waals surface area contributed by atoms with Crippen molar-refractivity contribution in [1.82, 2.24) is 9.36 Å². The van der Waals surface area contributed by atoms with Crippen molar-refractivity contribution in [2.75, 3.05) is 0 Å². The molecule has 1 aromatic rings. The minimum absolute atomic E-state index is 1.02. The minimum atomic E-state index is 1.02. The van der Waals surface area contributed by atoms with E-state index in [-0.39, 0.29) is 0 Å². The van der Waals surface area contributed by atoms with E-state index >= 15 is 0 Å². The number of hydrogen-bond acceptors (Lipinski definition) is 3. The van der Waals surface area contributed by atoms with Crippen LogP contribution >= 0.6 is 11.5 Å². The predicted octanol–water partition coefficient (Wildman–Crippen LogP) is 1.88. The SMILES string of the molecule is c1nsc(CCC2CC2)n1. The summed E-state index contributed by atoms with van der Waals surface area (Å²) < 4.78 is 3.95. The van der Waals surface area contributed by atoms with Crippen LogP contribution in [0.4, 0.5) is 0 Å². The number of rotatable bonds is 3. The van der Waals surface area contributed by atoms with E-state index in [1.807, 2.05) is 0 Å². The third kappa shape index (κ3) is 1.53. The van der Waals surface area contributed by atoms with Crippen LogP contribution in [0.15, 0.2) is 6.33 Å². The lowest BCUT2D eigenvalue weighted by atomic mass is 10.2. The van der Waals surface area contributed by atoms with Crippen molar-refractivity contribution in [1.29, 1.82) is 0 Å². The molecule has 54 valence electrons. The second-order valence-corrected chi connectivity index (χ2v) is 3.68. The lowest BCUT2D eigenvalue weighted by molar-refractivity contribution is 0.723. The van der Waals surface area contributed by atoms with Crippen LogP contribution in [-0.2, 0) is 6.42 Å². The van der Waals surface area contributed by atoms with Gasteiger partial charge in [-0.25, -0.2) is 4.98 Å². The van der Waals surface area contributed by atoms with Crippen LogP contribution in [0, 0.1) is 5.92 Å². The first-order chi connectivity index (χ1) is 4.95. The predicted molar refractivity (Wildman–Crippen MR) is 41.0 cm³/mol. The van der Waals surface area contributed by atoms with Gasteiger partial charge in [0, 0.05) is 6.42 Å². The van der Waals surface area contributed by atoms with Crippen LogP contribution in [0.5, 0.6) is 0 Å². The maximum absolute atomic E-state index is 4.12. The molecule has 1 saturated carbocycles. The Morgan fingerprint density at radius 2 is 2.50 bits per heavy atom. The summed E-state index contributed by atoms with van der Waals surface area (Å²) in [6.45, 7) is 0. The Hall–Kier alpha value is -0.440. The van der Waals surface area contributed by atoms with Crippen molar-refractivity contribution in [3.8, 4) is 0 Å². The molecule has 0 unspecified atom stereocenters. The van der Waals surface area contributed by atoms with Gasteiger partial charge in [0.1, 0.15) is 11.3 Å². The summed E-state index contributed by atoms with van der Waals surface area (Å²) in [6, 6.07) is 0. The zero-order valence-corrected chi connectivity index (χ0v) is 6.60. The van der Waals surface area contributed by atoms with Gasteiger partial charge in [0.25, 0.3) is 0 Å². The largest absolute Gasteiger partial charge is 0.228 e. The van der Waals surface area contributed by atoms with Gasteiger partial charge in [0.05, 0.1) is 0 Å². The number of nitrogens with zero attached hydrogens (tertiary/aromatic N) is 2. The van der Waals surface area contributed by atoms with Crippen molar-refractivity contribution in [2.45, 2.75) is 25.7 Å². The number of aryl methyl sites for hydroxylation is 1. The maximum Gasteiger partial charge on any atom is 0.129 e. The molecule has 10 heavy (non-hydrogen) atoms. The zero-order chi connectivity index (χ0) is 6.81. The molecule has 0 spiro atoms. The topological polar surface area (TPSA) is 25.8 Å². The van der Waals surface area contributed by atoms with Crippen molar-refractivity contribution < 1.29 is 0 Å². The summed E-state index contributed by atoms with van der Waals surface area (Å²) in [5, 5.41) is 1.20. The van der Waals surface area contributed by atoms with Crippen LogP contribution in [0.25, 0.3) is 0 Å². The average Bonchev–Trinajstić information content (AvgIpc) is 2.63. The quantitative estimate of drug-likeness (QED) is 0.664. The Morgan fingerprint density at radius 3 is 3.10 bits per heavy atom. The smallest absolute Gasteiger partial charge is 0.129 e. The van der Waals surface area contributed by atoms with Crippen molar-refractivity contribution >= 4 is 11.5 Å². The van der Waals surface area contributed by atoms with Gasteiger partial charge < -0.3 is 0 Å². The summed E-state index contributed by atoms with van der Waals surface area (Å²) in [7, 11) is 0. The van der Waals surface area contributed by atoms with Crippen molar-refractivity contribution in [3.63, 3.8) is 0 Å². The maximum atomic E-state index is 4.12. The monoisotopic (exact) mass is 154 g/mol. The highest BCUT2D eigenvalue weighted by molar-refractivity contribution is 7.05. The van der Waals surface area contributed by atoms with Gasteiger partial charge in [-0.15, -0.1) is 0 Å². The fraction of sp³-hybridized carbons (Fsp3) is 0.714. The Labute approximate surface area is 64.5 Å². The molecule has 1 aliphatic rings. The molecule has 2 rings (SSSR count). The highest BCUT2D eigenvalue weighted by Crippen LogP contribution is 2.33. The molecule has 0 amide bonds. The second-order valence-electron chi connectivity index (χ2n) is 2.82. The molecule has 0 aromatic carbocycles. The fourth-order valence-electron chi connectivity index (χ4n) is 1.04. The molecule has 3 heteroatoms. The molecule has 1 heterocycles. The van der Waals surface area contributed by atoms with Gasteiger partial charge in [-0.2, -0.15) is 4.37 Å². The van der Waals surface area contributed by atoms with E-state index in [1.165, 1.54) is 35.8 Å². The molecule has 0 bridgehead atoms. The van der Waals surface area contributed by atoms with E-state index in [0.29, 0.717) is 0 Å². The average molecular weight is 154 g/mol. The van der Waals surface area contributed by atoms with E-state index in [2.05, 4.69) is 9.36 Å². The van der Waals surface area contributed by atoms with Gasteiger partial charge in [0.2, 0.25) is 0 Å². The van der Waals surface area contributed by atoms with Gasteiger partial charge in [-0.1, -0.05) is 12.8 Å². The molecule has 0 N–H and O–H groups in total. The summed E-state index contributed by atoms with van der Waals surface area (Å²) in [6.07, 6.45) is 7.01. The van der Waals surface area contributed by atoms with Gasteiger partial charge in [-0.05, 0) is 23.9 Å². The lowest BCUT2D eigenvalue weighted by Gasteiger charge is -1.90. The van der Waals surface area contributed by atoms with Gasteiger partial charge in [-0.3, -0.25) is 0 Å². The first-order valence-corrected chi connectivity index (χ1v) is 4.48. The molecular formula is C7H10N2S. The van der Waals surface area contributed by atoms with E-state index in [0.717, 1.165) is 12.3 Å². The Bertz CT molecular complexity index is 191. The summed E-state index contributed by atoms with van der Waals surface area (Å²) in [5.74, 6) is 1.02.